The van der Waals surface area contributed by atoms with Crippen molar-refractivity contribution in [3.63, 3.8) is 0 Å². The van der Waals surface area contributed by atoms with Gasteiger partial charge in [-0.25, -0.2) is 9.37 Å². The van der Waals surface area contributed by atoms with E-state index in [1.807, 2.05) is 0 Å². The molecule has 0 aliphatic carbocycles. The first-order valence-corrected chi connectivity index (χ1v) is 8.34. The van der Waals surface area contributed by atoms with Crippen LogP contribution in [0.4, 0.5) is 20.2 Å². The van der Waals surface area contributed by atoms with Crippen molar-refractivity contribution in [2.24, 2.45) is 7.05 Å². The van der Waals surface area contributed by atoms with Gasteiger partial charge in [-0.1, -0.05) is 6.07 Å². The highest BCUT2D eigenvalue weighted by molar-refractivity contribution is 5.90. The van der Waals surface area contributed by atoms with E-state index < -0.39 is 41.2 Å². The average molecular weight is 392 g/mol. The molecule has 0 amide bonds. The van der Waals surface area contributed by atoms with Crippen molar-refractivity contribution in [3.8, 4) is 0 Å². The summed E-state index contributed by atoms with van der Waals surface area (Å²) in [4.78, 5) is 29.0. The lowest BCUT2D eigenvalue weighted by molar-refractivity contribution is 0.0802. The smallest absolute Gasteiger partial charge is 0.290 e. The monoisotopic (exact) mass is 392 g/mol. The second-order valence-electron chi connectivity index (χ2n) is 6.40. The van der Waals surface area contributed by atoms with E-state index in [9.17, 15) is 23.5 Å². The number of aliphatic hydroxyl groups is 2. The Morgan fingerprint density at radius 2 is 1.96 bits per heavy atom. The predicted octanol–water partition coefficient (Wildman–Crippen LogP) is 0.779. The fraction of sp³-hybridized carbons (Fsp3) is 0.278. The lowest BCUT2D eigenvalue weighted by Crippen LogP contribution is -2.32. The van der Waals surface area contributed by atoms with Crippen molar-refractivity contribution >= 4 is 22.4 Å². The van der Waals surface area contributed by atoms with Gasteiger partial charge in [0, 0.05) is 7.05 Å². The van der Waals surface area contributed by atoms with Gasteiger partial charge in [-0.3, -0.25) is 18.7 Å². The van der Waals surface area contributed by atoms with Gasteiger partial charge >= 0.3 is 0 Å². The third-order valence-electron chi connectivity index (χ3n) is 4.30. The maximum absolute atomic E-state index is 14.7. The van der Waals surface area contributed by atoms with Crippen LogP contribution >= 0.6 is 0 Å². The van der Waals surface area contributed by atoms with Gasteiger partial charge in [0.15, 0.2) is 5.65 Å². The van der Waals surface area contributed by atoms with Crippen LogP contribution in [0.3, 0.4) is 0 Å². The van der Waals surface area contributed by atoms with E-state index in [1.165, 1.54) is 19.2 Å². The summed E-state index contributed by atoms with van der Waals surface area (Å²) in [6.07, 6.45) is -0.155. The van der Waals surface area contributed by atoms with Gasteiger partial charge in [-0.2, -0.15) is 4.39 Å². The Labute approximate surface area is 157 Å². The summed E-state index contributed by atoms with van der Waals surface area (Å²) in [6.45, 7) is 0.795. The van der Waals surface area contributed by atoms with Crippen molar-refractivity contribution in [1.29, 1.82) is 0 Å². The molecule has 2 heterocycles. The summed E-state index contributed by atoms with van der Waals surface area (Å²) in [5, 5.41) is 20.8. The molecule has 0 radical (unpaired) electrons. The van der Waals surface area contributed by atoms with Crippen LogP contribution in [0.1, 0.15) is 5.56 Å². The van der Waals surface area contributed by atoms with Crippen molar-refractivity contribution in [2.45, 2.75) is 19.6 Å². The molecule has 2 aromatic heterocycles. The van der Waals surface area contributed by atoms with Crippen LogP contribution in [0.25, 0.3) is 11.0 Å². The minimum atomic E-state index is -1.27. The molecular weight excluding hydrogens is 374 g/mol. The fourth-order valence-electron chi connectivity index (χ4n) is 2.80. The predicted molar refractivity (Wildman–Crippen MR) is 98.7 cm³/mol. The molecule has 0 bridgehead atoms. The van der Waals surface area contributed by atoms with Crippen LogP contribution < -0.4 is 16.4 Å². The number of aromatic nitrogens is 3. The molecule has 8 nitrogen and oxygen atoms in total. The summed E-state index contributed by atoms with van der Waals surface area (Å²) in [5.41, 5.74) is -1.90. The summed E-state index contributed by atoms with van der Waals surface area (Å²) >= 11 is 0. The topological polar surface area (TPSA) is 109 Å². The van der Waals surface area contributed by atoms with Gasteiger partial charge in [-0.15, -0.1) is 0 Å². The molecule has 0 fully saturated rings. The summed E-state index contributed by atoms with van der Waals surface area (Å²) in [6, 6.07) is 4.16. The van der Waals surface area contributed by atoms with Crippen molar-refractivity contribution in [3.05, 3.63) is 62.4 Å². The lowest BCUT2D eigenvalue weighted by Gasteiger charge is -2.15. The molecule has 28 heavy (non-hydrogen) atoms. The van der Waals surface area contributed by atoms with E-state index in [4.69, 9.17) is 5.11 Å². The second-order valence-corrected chi connectivity index (χ2v) is 6.40. The molecule has 0 spiro atoms. The summed E-state index contributed by atoms with van der Waals surface area (Å²) in [7, 11) is 1.25. The van der Waals surface area contributed by atoms with Crippen molar-refractivity contribution in [2.75, 3.05) is 11.9 Å². The Morgan fingerprint density at radius 3 is 2.61 bits per heavy atom. The number of hydrogen-bond donors (Lipinski definition) is 3. The first kappa shape index (κ1) is 19.6. The minimum absolute atomic E-state index is 0.110. The molecule has 0 unspecified atom stereocenters. The quantitative estimate of drug-likeness (QED) is 0.592. The first-order chi connectivity index (χ1) is 13.2. The number of halogens is 2. The highest BCUT2D eigenvalue weighted by atomic mass is 19.1. The number of aliphatic hydroxyl groups excluding tert-OH is 2. The number of nitrogens with zero attached hydrogens (tertiary/aromatic N) is 3. The maximum Gasteiger partial charge on any atom is 0.290 e. The van der Waals surface area contributed by atoms with E-state index in [2.05, 4.69) is 10.3 Å². The molecule has 148 valence electrons. The minimum Gasteiger partial charge on any atom is -0.394 e. The van der Waals surface area contributed by atoms with Gasteiger partial charge in [0.25, 0.3) is 11.1 Å². The Bertz CT molecular complexity index is 1170. The zero-order valence-corrected chi connectivity index (χ0v) is 15.1. The Kier molecular flexibility index (Phi) is 5.25. The van der Waals surface area contributed by atoms with Gasteiger partial charge in [0.05, 0.1) is 30.6 Å². The number of benzene rings is 1. The lowest BCUT2D eigenvalue weighted by atomic mass is 10.2. The van der Waals surface area contributed by atoms with Crippen LogP contribution in [0.15, 0.2) is 34.1 Å². The van der Waals surface area contributed by atoms with E-state index in [0.717, 1.165) is 15.5 Å². The zero-order valence-electron chi connectivity index (χ0n) is 15.1. The number of rotatable bonds is 5. The van der Waals surface area contributed by atoms with Gasteiger partial charge in [-0.05, 0) is 24.6 Å². The number of pyridine rings is 1. The number of aryl methyl sites for hydroxylation is 2. The van der Waals surface area contributed by atoms with Crippen molar-refractivity contribution in [1.82, 2.24) is 14.1 Å². The fourth-order valence-corrected chi connectivity index (χ4v) is 2.80. The zero-order chi connectivity index (χ0) is 20.6. The maximum atomic E-state index is 14.7. The van der Waals surface area contributed by atoms with Crippen LogP contribution in [0, 0.1) is 18.6 Å². The average Bonchev–Trinajstić information content (AvgIpc) is 2.66. The second kappa shape index (κ2) is 7.49. The molecule has 0 aliphatic rings. The van der Waals surface area contributed by atoms with E-state index in [-0.39, 0.29) is 23.3 Å². The number of nitrogens with one attached hydrogen (secondary N) is 1. The molecular formula is C18H18F2N4O4. The third-order valence-corrected chi connectivity index (χ3v) is 4.30. The van der Waals surface area contributed by atoms with Gasteiger partial charge in [0.1, 0.15) is 17.5 Å². The molecule has 0 saturated heterocycles. The van der Waals surface area contributed by atoms with Crippen LogP contribution in [-0.2, 0) is 13.6 Å². The largest absolute Gasteiger partial charge is 0.394 e. The van der Waals surface area contributed by atoms with Crippen LogP contribution in [0.5, 0.6) is 0 Å². The summed E-state index contributed by atoms with van der Waals surface area (Å²) < 4.78 is 30.8. The Balaban J connectivity index is 2.29. The number of anilines is 2. The normalized spacial score (nSPS) is 12.4. The van der Waals surface area contributed by atoms with Crippen LogP contribution in [0.2, 0.25) is 0 Å². The highest BCUT2D eigenvalue weighted by Gasteiger charge is 2.21. The summed E-state index contributed by atoms with van der Waals surface area (Å²) in [5.74, 6) is -1.96. The van der Waals surface area contributed by atoms with Crippen molar-refractivity contribution < 1.29 is 19.0 Å². The molecule has 0 aliphatic heterocycles. The van der Waals surface area contributed by atoms with Crippen LogP contribution in [-0.4, -0.2) is 37.0 Å². The van der Waals surface area contributed by atoms with E-state index in [0.29, 0.717) is 5.56 Å². The molecule has 3 aromatic rings. The third kappa shape index (κ3) is 3.39. The van der Waals surface area contributed by atoms with E-state index >= 15 is 0 Å². The molecule has 1 aromatic carbocycles. The molecule has 3 N–H and O–H groups in total. The molecule has 1 atom stereocenters. The standard InChI is InChI=1S/C18H18F2N4O4/c1-9-3-4-12(11(19)5-9)22-15-13-16(23(2)18(28)14(15)20)21-8-24(17(13)27)6-10(26)7-25/h3-5,8,10,22,25-26H,6-7H2,1-2H3/t10-/m1/s1. The Morgan fingerprint density at radius 1 is 1.25 bits per heavy atom. The molecule has 10 heteroatoms. The SMILES string of the molecule is Cc1ccc(Nc2c(F)c(=O)n(C)c3ncn(C[C@@H](O)CO)c(=O)c23)c(F)c1. The van der Waals surface area contributed by atoms with E-state index in [1.54, 1.807) is 13.0 Å². The number of hydrogen-bond acceptors (Lipinski definition) is 6. The number of fused-ring (bicyclic) bond motifs is 1. The first-order valence-electron chi connectivity index (χ1n) is 8.34. The van der Waals surface area contributed by atoms with Gasteiger partial charge in [0.2, 0.25) is 5.82 Å². The molecule has 0 saturated carbocycles. The highest BCUT2D eigenvalue weighted by Crippen LogP contribution is 2.26. The Hall–Kier alpha value is -3.11. The molecule has 3 rings (SSSR count). The van der Waals surface area contributed by atoms with Gasteiger partial charge < -0.3 is 15.5 Å².